The van der Waals surface area contributed by atoms with Gasteiger partial charge >= 0.3 is 0 Å². The Bertz CT molecular complexity index is 1130. The molecule has 29 heavy (non-hydrogen) atoms. The summed E-state index contributed by atoms with van der Waals surface area (Å²) in [5.74, 6) is 0.738. The van der Waals surface area contributed by atoms with Gasteiger partial charge in [0.2, 0.25) is 21.7 Å². The maximum atomic E-state index is 13.5. The van der Waals surface area contributed by atoms with E-state index in [-0.39, 0.29) is 0 Å². The summed E-state index contributed by atoms with van der Waals surface area (Å²) in [7, 11) is -3.69. The third-order valence-corrected chi connectivity index (χ3v) is 7.67. The third kappa shape index (κ3) is 3.70. The highest BCUT2D eigenvalue weighted by atomic mass is 35.5. The quantitative estimate of drug-likeness (QED) is 0.590. The van der Waals surface area contributed by atoms with E-state index in [0.29, 0.717) is 34.6 Å². The Morgan fingerprint density at radius 3 is 2.41 bits per heavy atom. The lowest BCUT2D eigenvalue weighted by Crippen LogP contribution is -2.32. The molecule has 1 atom stereocenters. The van der Waals surface area contributed by atoms with Gasteiger partial charge in [-0.15, -0.1) is 0 Å². The van der Waals surface area contributed by atoms with E-state index in [4.69, 9.17) is 16.1 Å². The van der Waals surface area contributed by atoms with E-state index in [1.807, 2.05) is 32.9 Å². The molecule has 8 heteroatoms. The number of hydrogen-bond donors (Lipinski definition) is 0. The average Bonchev–Trinajstić information content (AvgIpc) is 3.31. The maximum Gasteiger partial charge on any atom is 0.245 e. The number of halogens is 1. The van der Waals surface area contributed by atoms with Crippen LogP contribution in [0.1, 0.15) is 41.5 Å². The van der Waals surface area contributed by atoms with Gasteiger partial charge in [-0.2, -0.15) is 9.29 Å². The Balaban J connectivity index is 1.69. The molecular weight excluding hydrogens is 410 g/mol. The van der Waals surface area contributed by atoms with Crippen molar-refractivity contribution < 1.29 is 12.9 Å². The number of sulfonamides is 1. The van der Waals surface area contributed by atoms with Crippen LogP contribution in [0.5, 0.6) is 0 Å². The first-order valence-corrected chi connectivity index (χ1v) is 11.3. The highest BCUT2D eigenvalue weighted by molar-refractivity contribution is 7.89. The SMILES string of the molecule is Cc1cc(C)c(S(=O)(=O)N2CCC[C@H]2c2nc(-c3ccc(Cl)cc3)no2)c(C)c1. The second kappa shape index (κ2) is 7.55. The first-order chi connectivity index (χ1) is 13.8. The lowest BCUT2D eigenvalue weighted by atomic mass is 10.1. The summed E-state index contributed by atoms with van der Waals surface area (Å²) in [6.45, 7) is 6.07. The van der Waals surface area contributed by atoms with Gasteiger partial charge in [0, 0.05) is 17.1 Å². The molecule has 0 radical (unpaired) electrons. The molecule has 1 aromatic heterocycles. The second-order valence-electron chi connectivity index (χ2n) is 7.46. The lowest BCUT2D eigenvalue weighted by Gasteiger charge is -2.23. The van der Waals surface area contributed by atoms with Crippen LogP contribution in [0.25, 0.3) is 11.4 Å². The highest BCUT2D eigenvalue weighted by Crippen LogP contribution is 2.38. The van der Waals surface area contributed by atoms with Crippen LogP contribution in [-0.4, -0.2) is 29.4 Å². The fraction of sp³-hybridized carbons (Fsp3) is 0.333. The van der Waals surface area contributed by atoms with E-state index < -0.39 is 16.1 Å². The van der Waals surface area contributed by atoms with E-state index in [0.717, 1.165) is 28.7 Å². The van der Waals surface area contributed by atoms with Crippen LogP contribution >= 0.6 is 11.6 Å². The van der Waals surface area contributed by atoms with Crippen LogP contribution in [-0.2, 0) is 10.0 Å². The number of nitrogens with zero attached hydrogens (tertiary/aromatic N) is 3. The summed E-state index contributed by atoms with van der Waals surface area (Å²) < 4.78 is 34.0. The van der Waals surface area contributed by atoms with Crippen molar-refractivity contribution in [1.82, 2.24) is 14.4 Å². The summed E-state index contributed by atoms with van der Waals surface area (Å²) in [5, 5.41) is 4.67. The van der Waals surface area contributed by atoms with Crippen LogP contribution in [0.15, 0.2) is 45.8 Å². The van der Waals surface area contributed by atoms with Crippen molar-refractivity contribution in [3.8, 4) is 11.4 Å². The van der Waals surface area contributed by atoms with Gasteiger partial charge in [0.15, 0.2) is 0 Å². The molecule has 1 saturated heterocycles. The fourth-order valence-electron chi connectivity index (χ4n) is 4.05. The monoisotopic (exact) mass is 431 g/mol. The highest BCUT2D eigenvalue weighted by Gasteiger charge is 2.40. The molecule has 1 fully saturated rings. The average molecular weight is 432 g/mol. The molecular formula is C21H22ClN3O3S. The lowest BCUT2D eigenvalue weighted by molar-refractivity contribution is 0.290. The number of hydrogen-bond acceptors (Lipinski definition) is 5. The molecule has 0 spiro atoms. The fourth-order valence-corrected chi connectivity index (χ4v) is 6.24. The van der Waals surface area contributed by atoms with E-state index >= 15 is 0 Å². The number of benzene rings is 2. The maximum absolute atomic E-state index is 13.5. The van der Waals surface area contributed by atoms with Crippen molar-refractivity contribution in [2.45, 2.75) is 44.6 Å². The third-order valence-electron chi connectivity index (χ3n) is 5.20. The smallest absolute Gasteiger partial charge is 0.245 e. The van der Waals surface area contributed by atoms with Crippen molar-refractivity contribution in [1.29, 1.82) is 0 Å². The Morgan fingerprint density at radius 1 is 1.10 bits per heavy atom. The Hall–Kier alpha value is -2.22. The van der Waals surface area contributed by atoms with Gasteiger partial charge in [0.05, 0.1) is 4.90 Å². The van der Waals surface area contributed by atoms with Crippen LogP contribution in [0.2, 0.25) is 5.02 Å². The van der Waals surface area contributed by atoms with E-state index in [1.165, 1.54) is 4.31 Å². The van der Waals surface area contributed by atoms with Gasteiger partial charge < -0.3 is 4.52 Å². The van der Waals surface area contributed by atoms with Gasteiger partial charge in [-0.3, -0.25) is 0 Å². The zero-order chi connectivity index (χ0) is 20.8. The molecule has 6 nitrogen and oxygen atoms in total. The summed E-state index contributed by atoms with van der Waals surface area (Å²) in [5.41, 5.74) is 3.31. The summed E-state index contributed by atoms with van der Waals surface area (Å²) in [6, 6.07) is 10.4. The summed E-state index contributed by atoms with van der Waals surface area (Å²) in [4.78, 5) is 4.85. The minimum absolute atomic E-state index is 0.318. The van der Waals surface area contributed by atoms with E-state index in [1.54, 1.807) is 24.3 Å². The molecule has 0 amide bonds. The minimum Gasteiger partial charge on any atom is -0.337 e. The predicted molar refractivity (Wildman–Crippen MR) is 111 cm³/mol. The first-order valence-electron chi connectivity index (χ1n) is 9.46. The van der Waals surface area contributed by atoms with E-state index in [2.05, 4.69) is 10.1 Å². The second-order valence-corrected chi connectivity index (χ2v) is 9.73. The van der Waals surface area contributed by atoms with Crippen LogP contribution in [0.4, 0.5) is 0 Å². The molecule has 152 valence electrons. The molecule has 0 bridgehead atoms. The van der Waals surface area contributed by atoms with Gasteiger partial charge in [0.25, 0.3) is 0 Å². The van der Waals surface area contributed by atoms with Crippen molar-refractivity contribution in [3.05, 3.63) is 64.0 Å². The van der Waals surface area contributed by atoms with Crippen molar-refractivity contribution >= 4 is 21.6 Å². The van der Waals surface area contributed by atoms with Gasteiger partial charge in [-0.1, -0.05) is 34.5 Å². The van der Waals surface area contributed by atoms with Gasteiger partial charge in [-0.25, -0.2) is 8.42 Å². The minimum atomic E-state index is -3.69. The number of rotatable bonds is 4. The van der Waals surface area contributed by atoms with Crippen LogP contribution in [0.3, 0.4) is 0 Å². The molecule has 1 aliphatic rings. The van der Waals surface area contributed by atoms with E-state index in [9.17, 15) is 8.42 Å². The van der Waals surface area contributed by atoms with Gasteiger partial charge in [0.1, 0.15) is 6.04 Å². The van der Waals surface area contributed by atoms with Crippen molar-refractivity contribution in [2.24, 2.45) is 0 Å². The Labute approximate surface area is 175 Å². The molecule has 0 unspecified atom stereocenters. The molecule has 2 aromatic carbocycles. The summed E-state index contributed by atoms with van der Waals surface area (Å²) >= 11 is 5.93. The molecule has 2 heterocycles. The van der Waals surface area contributed by atoms with Crippen LogP contribution < -0.4 is 0 Å². The molecule has 1 aliphatic heterocycles. The standard InChI is InChI=1S/C21H22ClN3O3S/c1-13-11-14(2)19(15(3)12-13)29(26,27)25-10-4-5-18(25)21-23-20(24-28-21)16-6-8-17(22)9-7-16/h6-9,11-12,18H,4-5,10H2,1-3H3/t18-/m0/s1. The Morgan fingerprint density at radius 2 is 1.76 bits per heavy atom. The van der Waals surface area contributed by atoms with Crippen LogP contribution in [0, 0.1) is 20.8 Å². The zero-order valence-corrected chi connectivity index (χ0v) is 18.1. The van der Waals surface area contributed by atoms with Gasteiger partial charge in [-0.05, 0) is 69.0 Å². The zero-order valence-electron chi connectivity index (χ0n) is 16.5. The Kier molecular flexibility index (Phi) is 5.23. The molecule has 0 saturated carbocycles. The predicted octanol–water partition coefficient (Wildman–Crippen LogP) is 4.84. The normalized spacial score (nSPS) is 17.7. The van der Waals surface area contributed by atoms with Crippen molar-refractivity contribution in [2.75, 3.05) is 6.54 Å². The number of aryl methyl sites for hydroxylation is 3. The van der Waals surface area contributed by atoms with Crippen molar-refractivity contribution in [3.63, 3.8) is 0 Å². The molecule has 3 aromatic rings. The largest absolute Gasteiger partial charge is 0.337 e. The summed E-state index contributed by atoms with van der Waals surface area (Å²) in [6.07, 6.45) is 1.39. The first kappa shape index (κ1) is 20.1. The topological polar surface area (TPSA) is 76.3 Å². The number of aromatic nitrogens is 2. The molecule has 4 rings (SSSR count). The molecule has 0 aliphatic carbocycles. The molecule has 0 N–H and O–H groups in total.